The lowest BCUT2D eigenvalue weighted by molar-refractivity contribution is 0.181. The Morgan fingerprint density at radius 2 is 1.58 bits per heavy atom. The fourth-order valence-corrected chi connectivity index (χ4v) is 5.60. The van der Waals surface area contributed by atoms with Crippen LogP contribution in [0.5, 0.6) is 0 Å². The summed E-state index contributed by atoms with van der Waals surface area (Å²) in [5.41, 5.74) is 5.11. The minimum absolute atomic E-state index is 0.472. The zero-order valence-electron chi connectivity index (χ0n) is 16.3. The number of hydrogen-bond acceptors (Lipinski definition) is 4. The first-order valence-corrected chi connectivity index (χ1v) is 10.4. The Balaban J connectivity index is 1.72. The predicted molar refractivity (Wildman–Crippen MR) is 103 cm³/mol. The fraction of sp³-hybridized carbons (Fsp3) is 0.526. The third kappa shape index (κ3) is 3.56. The molecule has 142 valence electrons. The molecule has 26 heavy (non-hydrogen) atoms. The van der Waals surface area contributed by atoms with E-state index in [0.29, 0.717) is 18.0 Å². The van der Waals surface area contributed by atoms with Gasteiger partial charge in [-0.05, 0) is 38.8 Å². The van der Waals surface area contributed by atoms with Gasteiger partial charge in [-0.3, -0.25) is 9.58 Å². The Labute approximate surface area is 156 Å². The largest absolute Gasteiger partial charge is 0.296 e. The lowest BCUT2D eigenvalue weighted by atomic mass is 10.1. The van der Waals surface area contributed by atoms with Crippen LogP contribution in [-0.2, 0) is 23.6 Å². The Hall–Kier alpha value is -1.70. The van der Waals surface area contributed by atoms with Gasteiger partial charge in [0.15, 0.2) is 0 Å². The van der Waals surface area contributed by atoms with Gasteiger partial charge < -0.3 is 0 Å². The Morgan fingerprint density at radius 1 is 1.00 bits per heavy atom. The number of rotatable bonds is 4. The summed E-state index contributed by atoms with van der Waals surface area (Å²) in [7, 11) is -1.51. The average Bonchev–Trinajstić information content (AvgIpc) is 2.86. The Kier molecular flexibility index (Phi) is 5.23. The average molecular weight is 377 g/mol. The maximum absolute atomic E-state index is 13.2. The first-order valence-electron chi connectivity index (χ1n) is 8.98. The molecule has 1 saturated heterocycles. The molecular weight excluding hydrogens is 348 g/mol. The van der Waals surface area contributed by atoms with Crippen LogP contribution < -0.4 is 0 Å². The number of hydrogen-bond donors (Lipinski definition) is 0. The molecule has 0 N–H and O–H groups in total. The van der Waals surface area contributed by atoms with Crippen LogP contribution in [0.15, 0.2) is 23.2 Å². The predicted octanol–water partition coefficient (Wildman–Crippen LogP) is 2.16. The van der Waals surface area contributed by atoms with Crippen molar-refractivity contribution in [3.05, 3.63) is 46.3 Å². The highest BCUT2D eigenvalue weighted by molar-refractivity contribution is 7.89. The molecule has 2 aromatic rings. The van der Waals surface area contributed by atoms with Gasteiger partial charge in [-0.2, -0.15) is 9.40 Å². The van der Waals surface area contributed by atoms with Gasteiger partial charge >= 0.3 is 0 Å². The molecule has 3 rings (SSSR count). The van der Waals surface area contributed by atoms with Crippen molar-refractivity contribution in [2.75, 3.05) is 26.2 Å². The maximum atomic E-state index is 13.2. The smallest absolute Gasteiger partial charge is 0.243 e. The van der Waals surface area contributed by atoms with Crippen LogP contribution in [0.25, 0.3) is 0 Å². The number of aryl methyl sites for hydroxylation is 4. The molecule has 0 bridgehead atoms. The van der Waals surface area contributed by atoms with Crippen LogP contribution in [0.2, 0.25) is 0 Å². The number of benzene rings is 1. The summed E-state index contributed by atoms with van der Waals surface area (Å²) in [4.78, 5) is 2.77. The van der Waals surface area contributed by atoms with Gasteiger partial charge in [-0.25, -0.2) is 8.42 Å². The molecule has 1 aromatic carbocycles. The molecule has 0 atom stereocenters. The third-order valence-electron chi connectivity index (χ3n) is 5.26. The molecule has 1 fully saturated rings. The topological polar surface area (TPSA) is 58.4 Å². The maximum Gasteiger partial charge on any atom is 0.243 e. The van der Waals surface area contributed by atoms with Crippen molar-refractivity contribution in [1.29, 1.82) is 0 Å². The number of aromatic nitrogens is 2. The minimum Gasteiger partial charge on any atom is -0.296 e. The van der Waals surface area contributed by atoms with E-state index >= 15 is 0 Å². The molecule has 0 amide bonds. The SMILES string of the molecule is Cc1cc(C)c(S(=O)(=O)N2CCN(Cc3cnn(C)c3C)CC2)c(C)c1. The summed E-state index contributed by atoms with van der Waals surface area (Å²) in [5, 5.41) is 4.29. The highest BCUT2D eigenvalue weighted by Crippen LogP contribution is 2.26. The van der Waals surface area contributed by atoms with E-state index in [4.69, 9.17) is 0 Å². The second kappa shape index (κ2) is 7.13. The van der Waals surface area contributed by atoms with Crippen LogP contribution >= 0.6 is 0 Å². The van der Waals surface area contributed by atoms with Gasteiger partial charge in [0.25, 0.3) is 0 Å². The van der Waals surface area contributed by atoms with Gasteiger partial charge in [0.1, 0.15) is 0 Å². The van der Waals surface area contributed by atoms with Gasteiger partial charge in [-0.1, -0.05) is 17.7 Å². The van der Waals surface area contributed by atoms with E-state index in [2.05, 4.69) is 16.9 Å². The standard InChI is InChI=1S/C19H28N4O2S/c1-14-10-15(2)19(16(3)11-14)26(24,25)23-8-6-22(7-9-23)13-18-12-20-21(5)17(18)4/h10-12H,6-9,13H2,1-5H3. The summed E-state index contributed by atoms with van der Waals surface area (Å²) < 4.78 is 29.8. The molecule has 0 saturated carbocycles. The number of sulfonamides is 1. The van der Waals surface area contributed by atoms with Crippen molar-refractivity contribution in [1.82, 2.24) is 19.0 Å². The number of piperazine rings is 1. The van der Waals surface area contributed by atoms with E-state index in [-0.39, 0.29) is 0 Å². The molecule has 0 radical (unpaired) electrons. The van der Waals surface area contributed by atoms with Gasteiger partial charge in [-0.15, -0.1) is 0 Å². The van der Waals surface area contributed by atoms with Crippen LogP contribution in [-0.4, -0.2) is 53.6 Å². The summed E-state index contributed by atoms with van der Waals surface area (Å²) in [6, 6.07) is 3.89. The lowest BCUT2D eigenvalue weighted by Gasteiger charge is -2.34. The summed E-state index contributed by atoms with van der Waals surface area (Å²) in [6.07, 6.45) is 1.90. The van der Waals surface area contributed by atoms with Crippen LogP contribution in [0, 0.1) is 27.7 Å². The zero-order valence-corrected chi connectivity index (χ0v) is 17.1. The molecule has 1 aromatic heterocycles. The van der Waals surface area contributed by atoms with Crippen molar-refractivity contribution < 1.29 is 8.42 Å². The third-order valence-corrected chi connectivity index (χ3v) is 7.47. The first kappa shape index (κ1) is 19.1. The number of nitrogens with zero attached hydrogens (tertiary/aromatic N) is 4. The molecule has 0 aliphatic carbocycles. The van der Waals surface area contributed by atoms with E-state index in [1.807, 2.05) is 50.8 Å². The highest BCUT2D eigenvalue weighted by Gasteiger charge is 2.31. The monoisotopic (exact) mass is 376 g/mol. The molecule has 0 unspecified atom stereocenters. The highest BCUT2D eigenvalue weighted by atomic mass is 32.2. The fourth-order valence-electron chi connectivity index (χ4n) is 3.77. The lowest BCUT2D eigenvalue weighted by Crippen LogP contribution is -2.48. The molecule has 1 aliphatic heterocycles. The quantitative estimate of drug-likeness (QED) is 0.821. The van der Waals surface area contributed by atoms with Crippen LogP contribution in [0.4, 0.5) is 0 Å². The molecule has 2 heterocycles. The molecule has 7 heteroatoms. The summed E-state index contributed by atoms with van der Waals surface area (Å²) in [6.45, 7) is 11.2. The second-order valence-corrected chi connectivity index (χ2v) is 9.16. The van der Waals surface area contributed by atoms with Crippen molar-refractivity contribution in [3.63, 3.8) is 0 Å². The zero-order chi connectivity index (χ0) is 19.1. The molecular formula is C19H28N4O2S. The van der Waals surface area contributed by atoms with Gasteiger partial charge in [0, 0.05) is 51.0 Å². The minimum atomic E-state index is -3.45. The van der Waals surface area contributed by atoms with Gasteiger partial charge in [0.05, 0.1) is 11.1 Å². The normalized spacial score (nSPS) is 17.0. The van der Waals surface area contributed by atoms with E-state index in [9.17, 15) is 8.42 Å². The Morgan fingerprint density at radius 3 is 2.08 bits per heavy atom. The van der Waals surface area contributed by atoms with E-state index < -0.39 is 10.0 Å². The van der Waals surface area contributed by atoms with E-state index in [0.717, 1.165) is 42.0 Å². The first-order chi connectivity index (χ1) is 12.2. The van der Waals surface area contributed by atoms with Crippen LogP contribution in [0.3, 0.4) is 0 Å². The van der Waals surface area contributed by atoms with E-state index in [1.54, 1.807) is 4.31 Å². The van der Waals surface area contributed by atoms with Crippen molar-refractivity contribution in [3.8, 4) is 0 Å². The van der Waals surface area contributed by atoms with Gasteiger partial charge in [0.2, 0.25) is 10.0 Å². The second-order valence-electron chi connectivity index (χ2n) is 7.29. The molecule has 1 aliphatic rings. The molecule has 6 nitrogen and oxygen atoms in total. The van der Waals surface area contributed by atoms with Crippen molar-refractivity contribution >= 4 is 10.0 Å². The Bertz CT molecular complexity index is 887. The van der Waals surface area contributed by atoms with Crippen molar-refractivity contribution in [2.24, 2.45) is 7.05 Å². The summed E-state index contributed by atoms with van der Waals surface area (Å²) >= 11 is 0. The van der Waals surface area contributed by atoms with E-state index in [1.165, 1.54) is 5.56 Å². The molecule has 0 spiro atoms. The van der Waals surface area contributed by atoms with Crippen molar-refractivity contribution in [2.45, 2.75) is 39.1 Å². The van der Waals surface area contributed by atoms with Crippen LogP contribution in [0.1, 0.15) is 27.9 Å². The summed E-state index contributed by atoms with van der Waals surface area (Å²) in [5.74, 6) is 0.